The number of para-hydroxylation sites is 1. The van der Waals surface area contributed by atoms with Crippen LogP contribution in [0.4, 0.5) is 0 Å². The molecule has 4 rings (SSSR count). The number of rotatable bonds is 3. The highest BCUT2D eigenvalue weighted by Crippen LogP contribution is 2.30. The lowest BCUT2D eigenvalue weighted by Crippen LogP contribution is -2.48. The van der Waals surface area contributed by atoms with Crippen molar-refractivity contribution in [2.24, 2.45) is 0 Å². The van der Waals surface area contributed by atoms with Crippen molar-refractivity contribution in [3.8, 4) is 0 Å². The average Bonchev–Trinajstić information content (AvgIpc) is 3.15. The summed E-state index contributed by atoms with van der Waals surface area (Å²) in [6, 6.07) is 7.77. The number of aromatic amines is 1. The number of hydrogen-bond acceptors (Lipinski definition) is 6. The zero-order valence-corrected chi connectivity index (χ0v) is 17.8. The summed E-state index contributed by atoms with van der Waals surface area (Å²) >= 11 is 0. The molecule has 29 heavy (non-hydrogen) atoms. The van der Waals surface area contributed by atoms with Crippen molar-refractivity contribution in [2.75, 3.05) is 33.2 Å². The van der Waals surface area contributed by atoms with Gasteiger partial charge in [0.05, 0.1) is 11.1 Å². The van der Waals surface area contributed by atoms with Gasteiger partial charge in [-0.05, 0) is 62.2 Å². The average molecular weight is 396 g/mol. The van der Waals surface area contributed by atoms with Crippen molar-refractivity contribution in [1.29, 1.82) is 0 Å². The summed E-state index contributed by atoms with van der Waals surface area (Å²) < 4.78 is 1.84. The standard InChI is InChI=1S/C21H29N7O/c1-14-7-6-8-15-13-16(20(29)22-17(14)15)18(27-11-9-26(5)10-12-27)19-23-24-25-28(19)21(2,3)4/h6-8,13,18H,9-12H2,1-5H3,(H,22,29)/t18-/m1/s1. The molecule has 0 bridgehead atoms. The van der Waals surface area contributed by atoms with Gasteiger partial charge in [0, 0.05) is 31.7 Å². The first-order valence-electron chi connectivity index (χ1n) is 10.1. The molecular weight excluding hydrogens is 366 g/mol. The zero-order chi connectivity index (χ0) is 20.8. The van der Waals surface area contributed by atoms with E-state index in [9.17, 15) is 4.79 Å². The predicted octanol–water partition coefficient (Wildman–Crippen LogP) is 1.91. The molecule has 0 spiro atoms. The number of tetrazole rings is 1. The van der Waals surface area contributed by atoms with Crippen LogP contribution in [0.2, 0.25) is 0 Å². The number of piperazine rings is 1. The number of pyridine rings is 1. The second-order valence-corrected chi connectivity index (χ2v) is 8.95. The molecule has 1 aromatic carbocycles. The third kappa shape index (κ3) is 3.70. The van der Waals surface area contributed by atoms with Crippen LogP contribution in [-0.2, 0) is 5.54 Å². The maximum Gasteiger partial charge on any atom is 0.253 e. The van der Waals surface area contributed by atoms with Gasteiger partial charge in [0.15, 0.2) is 5.82 Å². The molecule has 1 aliphatic rings. The number of nitrogens with zero attached hydrogens (tertiary/aromatic N) is 6. The lowest BCUT2D eigenvalue weighted by molar-refractivity contribution is 0.118. The van der Waals surface area contributed by atoms with Crippen molar-refractivity contribution in [1.82, 2.24) is 35.0 Å². The molecule has 0 saturated carbocycles. The quantitative estimate of drug-likeness (QED) is 0.730. The van der Waals surface area contributed by atoms with E-state index >= 15 is 0 Å². The minimum absolute atomic E-state index is 0.0841. The number of benzene rings is 1. The van der Waals surface area contributed by atoms with E-state index in [1.807, 2.05) is 35.9 Å². The van der Waals surface area contributed by atoms with Gasteiger partial charge in [-0.3, -0.25) is 9.69 Å². The molecule has 1 saturated heterocycles. The van der Waals surface area contributed by atoms with Crippen LogP contribution in [0.1, 0.15) is 43.8 Å². The van der Waals surface area contributed by atoms with E-state index in [1.165, 1.54) is 0 Å². The maximum atomic E-state index is 13.2. The molecule has 1 atom stereocenters. The van der Waals surface area contributed by atoms with Crippen LogP contribution in [0.25, 0.3) is 10.9 Å². The van der Waals surface area contributed by atoms with E-state index in [4.69, 9.17) is 0 Å². The Morgan fingerprint density at radius 3 is 2.55 bits per heavy atom. The maximum absolute atomic E-state index is 13.2. The van der Waals surface area contributed by atoms with E-state index in [1.54, 1.807) is 0 Å². The van der Waals surface area contributed by atoms with Gasteiger partial charge in [0.2, 0.25) is 0 Å². The number of hydrogen-bond donors (Lipinski definition) is 1. The van der Waals surface area contributed by atoms with Gasteiger partial charge in [0.1, 0.15) is 6.04 Å². The first kappa shape index (κ1) is 19.7. The van der Waals surface area contributed by atoms with Crippen LogP contribution < -0.4 is 5.56 Å². The second kappa shape index (κ2) is 7.35. The highest BCUT2D eigenvalue weighted by Gasteiger charge is 2.34. The van der Waals surface area contributed by atoms with Crippen LogP contribution in [0, 0.1) is 6.92 Å². The summed E-state index contributed by atoms with van der Waals surface area (Å²) in [5.41, 5.74) is 2.26. The largest absolute Gasteiger partial charge is 0.321 e. The summed E-state index contributed by atoms with van der Waals surface area (Å²) in [4.78, 5) is 20.9. The van der Waals surface area contributed by atoms with Gasteiger partial charge >= 0.3 is 0 Å². The van der Waals surface area contributed by atoms with E-state index in [0.717, 1.165) is 42.6 Å². The van der Waals surface area contributed by atoms with Crippen molar-refractivity contribution < 1.29 is 0 Å². The Morgan fingerprint density at radius 1 is 1.14 bits per heavy atom. The first-order valence-corrected chi connectivity index (χ1v) is 10.1. The Labute approximate surface area is 170 Å². The first-order chi connectivity index (χ1) is 13.8. The molecule has 8 heteroatoms. The summed E-state index contributed by atoms with van der Waals surface area (Å²) in [6.45, 7) is 11.8. The Morgan fingerprint density at radius 2 is 1.86 bits per heavy atom. The van der Waals surface area contributed by atoms with Crippen LogP contribution in [0.15, 0.2) is 29.1 Å². The Kier molecular flexibility index (Phi) is 5.00. The van der Waals surface area contributed by atoms with Crippen molar-refractivity contribution >= 4 is 10.9 Å². The number of nitrogens with one attached hydrogen (secondary N) is 1. The molecular formula is C21H29N7O. The normalized spacial score (nSPS) is 17.7. The predicted molar refractivity (Wildman–Crippen MR) is 113 cm³/mol. The molecule has 0 aliphatic carbocycles. The molecule has 1 aliphatic heterocycles. The lowest BCUT2D eigenvalue weighted by Gasteiger charge is -2.38. The van der Waals surface area contributed by atoms with Crippen molar-refractivity contribution in [3.05, 3.63) is 51.6 Å². The molecule has 3 aromatic rings. The zero-order valence-electron chi connectivity index (χ0n) is 17.8. The van der Waals surface area contributed by atoms with Gasteiger partial charge in [0.25, 0.3) is 5.56 Å². The number of aryl methyl sites for hydroxylation is 1. The smallest absolute Gasteiger partial charge is 0.253 e. The van der Waals surface area contributed by atoms with E-state index < -0.39 is 0 Å². The van der Waals surface area contributed by atoms with E-state index in [2.05, 4.69) is 58.1 Å². The molecule has 1 N–H and O–H groups in total. The molecule has 1 fully saturated rings. The Bertz CT molecular complexity index is 1070. The van der Waals surface area contributed by atoms with Crippen molar-refractivity contribution in [2.45, 2.75) is 39.3 Å². The van der Waals surface area contributed by atoms with Gasteiger partial charge in [-0.2, -0.15) is 0 Å². The molecule has 154 valence electrons. The number of fused-ring (bicyclic) bond motifs is 1. The lowest BCUT2D eigenvalue weighted by atomic mass is 10.0. The fraction of sp³-hybridized carbons (Fsp3) is 0.524. The number of H-pyrrole nitrogens is 1. The van der Waals surface area contributed by atoms with Crippen LogP contribution in [0.5, 0.6) is 0 Å². The van der Waals surface area contributed by atoms with E-state index in [0.29, 0.717) is 11.4 Å². The topological polar surface area (TPSA) is 82.9 Å². The van der Waals surface area contributed by atoms with E-state index in [-0.39, 0.29) is 17.1 Å². The molecule has 0 radical (unpaired) electrons. The van der Waals surface area contributed by atoms with Gasteiger partial charge in [-0.25, -0.2) is 4.68 Å². The fourth-order valence-electron chi connectivity index (χ4n) is 4.02. The monoisotopic (exact) mass is 395 g/mol. The minimum Gasteiger partial charge on any atom is -0.321 e. The minimum atomic E-state index is -0.299. The highest BCUT2D eigenvalue weighted by molar-refractivity contribution is 5.82. The summed E-state index contributed by atoms with van der Waals surface area (Å²) in [7, 11) is 2.12. The number of likely N-dealkylation sites (N-methyl/N-ethyl adjacent to an activating group) is 1. The fourth-order valence-corrected chi connectivity index (χ4v) is 4.02. The molecule has 0 unspecified atom stereocenters. The van der Waals surface area contributed by atoms with Gasteiger partial charge in [-0.15, -0.1) is 5.10 Å². The summed E-state index contributed by atoms with van der Waals surface area (Å²) in [6.07, 6.45) is 0. The Balaban J connectivity index is 1.90. The molecule has 8 nitrogen and oxygen atoms in total. The van der Waals surface area contributed by atoms with Gasteiger partial charge < -0.3 is 9.88 Å². The van der Waals surface area contributed by atoms with Crippen molar-refractivity contribution in [3.63, 3.8) is 0 Å². The summed E-state index contributed by atoms with van der Waals surface area (Å²) in [5.74, 6) is 0.708. The van der Waals surface area contributed by atoms with Crippen LogP contribution >= 0.6 is 0 Å². The van der Waals surface area contributed by atoms with Gasteiger partial charge in [-0.1, -0.05) is 18.2 Å². The highest BCUT2D eigenvalue weighted by atomic mass is 16.1. The third-order valence-electron chi connectivity index (χ3n) is 5.69. The third-order valence-corrected chi connectivity index (χ3v) is 5.69. The second-order valence-electron chi connectivity index (χ2n) is 8.95. The Hall–Kier alpha value is -2.58. The molecule has 2 aromatic heterocycles. The van der Waals surface area contributed by atoms with Crippen LogP contribution in [-0.4, -0.2) is 68.2 Å². The molecule has 0 amide bonds. The van der Waals surface area contributed by atoms with Crippen LogP contribution in [0.3, 0.4) is 0 Å². The SMILES string of the molecule is Cc1cccc2cc([C@H](c3nnnn3C(C)(C)C)N3CCN(C)CC3)c(=O)[nH]c12. The number of aromatic nitrogens is 5. The summed E-state index contributed by atoms with van der Waals surface area (Å²) in [5, 5.41) is 13.6. The molecule has 3 heterocycles.